The number of carbonyl (C=O) groups is 2. The van der Waals surface area contributed by atoms with Gasteiger partial charge < -0.3 is 5.32 Å². The Bertz CT molecular complexity index is 1260. The van der Waals surface area contributed by atoms with Crippen molar-refractivity contribution in [3.8, 4) is 0 Å². The van der Waals surface area contributed by atoms with Crippen LogP contribution >= 0.6 is 11.3 Å². The monoisotopic (exact) mass is 425 g/mol. The van der Waals surface area contributed by atoms with Crippen LogP contribution in [-0.2, 0) is 4.79 Å². The zero-order valence-corrected chi connectivity index (χ0v) is 17.3. The lowest BCUT2D eigenvalue weighted by molar-refractivity contribution is -0.117. The summed E-state index contributed by atoms with van der Waals surface area (Å²) in [6.07, 6.45) is 3.23. The number of carbonyl (C=O) groups excluding carboxylic acids is 2. The summed E-state index contributed by atoms with van der Waals surface area (Å²) in [4.78, 5) is 26.2. The lowest BCUT2D eigenvalue weighted by Crippen LogP contribution is -2.32. The summed E-state index contributed by atoms with van der Waals surface area (Å²) in [6.45, 7) is 0. The van der Waals surface area contributed by atoms with Crippen molar-refractivity contribution < 1.29 is 9.59 Å². The summed E-state index contributed by atoms with van der Waals surface area (Å²) >= 11 is 1.47. The van der Waals surface area contributed by atoms with Crippen LogP contribution in [0.5, 0.6) is 0 Å². The third kappa shape index (κ3) is 5.12. The van der Waals surface area contributed by atoms with Gasteiger partial charge in [0.25, 0.3) is 11.8 Å². The third-order valence-electron chi connectivity index (χ3n) is 4.55. The Hall–Kier alpha value is -4.03. The van der Waals surface area contributed by atoms with Gasteiger partial charge in [0.05, 0.1) is 6.21 Å². The molecule has 0 radical (unpaired) electrons. The standard InChI is InChI=1S/C25H19N3O2S/c29-24(19-9-2-1-3-10-19)27-23(16-21-13-7-15-31-21)25(30)28-26-17-20-12-6-11-18-8-4-5-14-22(18)20/h1-17H,(H,27,29)(H,28,30)/b23-16-,26-17?. The maximum atomic E-state index is 12.8. The summed E-state index contributed by atoms with van der Waals surface area (Å²) < 4.78 is 0. The number of amides is 2. The van der Waals surface area contributed by atoms with E-state index in [1.807, 2.05) is 66.0 Å². The number of thiophene rings is 1. The van der Waals surface area contributed by atoms with Gasteiger partial charge in [-0.05, 0) is 40.4 Å². The molecule has 6 heteroatoms. The summed E-state index contributed by atoms with van der Waals surface area (Å²) in [7, 11) is 0. The second kappa shape index (κ2) is 9.65. The van der Waals surface area contributed by atoms with E-state index in [-0.39, 0.29) is 11.6 Å². The molecule has 31 heavy (non-hydrogen) atoms. The van der Waals surface area contributed by atoms with E-state index in [0.717, 1.165) is 21.2 Å². The number of hydrogen-bond acceptors (Lipinski definition) is 4. The average molecular weight is 426 g/mol. The zero-order valence-electron chi connectivity index (χ0n) is 16.5. The Balaban J connectivity index is 1.53. The number of nitrogens with zero attached hydrogens (tertiary/aromatic N) is 1. The van der Waals surface area contributed by atoms with E-state index in [1.165, 1.54) is 11.3 Å². The van der Waals surface area contributed by atoms with Crippen molar-refractivity contribution in [1.82, 2.24) is 10.7 Å². The predicted octanol–water partition coefficient (Wildman–Crippen LogP) is 4.82. The van der Waals surface area contributed by atoms with Gasteiger partial charge in [0.2, 0.25) is 0 Å². The highest BCUT2D eigenvalue weighted by atomic mass is 32.1. The zero-order chi connectivity index (χ0) is 21.5. The quantitative estimate of drug-likeness (QED) is 0.264. The van der Waals surface area contributed by atoms with E-state index in [9.17, 15) is 9.59 Å². The molecular formula is C25H19N3O2S. The fourth-order valence-corrected chi connectivity index (χ4v) is 3.70. The SMILES string of the molecule is O=C(NN=Cc1cccc2ccccc12)/C(=C/c1cccs1)NC(=O)c1ccccc1. The van der Waals surface area contributed by atoms with Crippen molar-refractivity contribution in [2.24, 2.45) is 5.10 Å². The lowest BCUT2D eigenvalue weighted by Gasteiger charge is -2.09. The Morgan fingerprint density at radius 1 is 0.839 bits per heavy atom. The van der Waals surface area contributed by atoms with Crippen molar-refractivity contribution in [2.75, 3.05) is 0 Å². The predicted molar refractivity (Wildman–Crippen MR) is 126 cm³/mol. The van der Waals surface area contributed by atoms with Gasteiger partial charge in [-0.2, -0.15) is 5.10 Å². The molecule has 2 N–H and O–H groups in total. The third-order valence-corrected chi connectivity index (χ3v) is 5.37. The molecule has 0 atom stereocenters. The Morgan fingerprint density at radius 3 is 2.42 bits per heavy atom. The maximum absolute atomic E-state index is 12.8. The number of benzene rings is 3. The van der Waals surface area contributed by atoms with Crippen molar-refractivity contribution in [1.29, 1.82) is 0 Å². The van der Waals surface area contributed by atoms with Crippen LogP contribution in [0.4, 0.5) is 0 Å². The minimum absolute atomic E-state index is 0.117. The molecule has 5 nitrogen and oxygen atoms in total. The van der Waals surface area contributed by atoms with Crippen LogP contribution in [0.1, 0.15) is 20.8 Å². The Morgan fingerprint density at radius 2 is 1.61 bits per heavy atom. The highest BCUT2D eigenvalue weighted by Crippen LogP contribution is 2.17. The largest absolute Gasteiger partial charge is 0.317 e. The minimum atomic E-state index is -0.505. The van der Waals surface area contributed by atoms with E-state index in [4.69, 9.17) is 0 Å². The second-order valence-corrected chi connectivity index (χ2v) is 7.64. The van der Waals surface area contributed by atoms with Gasteiger partial charge in [-0.15, -0.1) is 11.3 Å². The minimum Gasteiger partial charge on any atom is -0.317 e. The van der Waals surface area contributed by atoms with Crippen LogP contribution in [0.3, 0.4) is 0 Å². The molecule has 1 aromatic heterocycles. The molecule has 4 rings (SSSR count). The van der Waals surface area contributed by atoms with Crippen molar-refractivity contribution >= 4 is 46.2 Å². The topological polar surface area (TPSA) is 70.6 Å². The Labute approximate surface area is 183 Å². The highest BCUT2D eigenvalue weighted by Gasteiger charge is 2.14. The first-order chi connectivity index (χ1) is 15.2. The van der Waals surface area contributed by atoms with E-state index in [0.29, 0.717) is 5.56 Å². The number of hydrogen-bond donors (Lipinski definition) is 2. The van der Waals surface area contributed by atoms with Crippen LogP contribution in [0.25, 0.3) is 16.8 Å². The molecule has 3 aromatic carbocycles. The first kappa shape index (κ1) is 20.3. The average Bonchev–Trinajstić information content (AvgIpc) is 3.32. The van der Waals surface area contributed by atoms with Crippen LogP contribution in [0, 0.1) is 0 Å². The number of fused-ring (bicyclic) bond motifs is 1. The molecule has 0 aliphatic carbocycles. The molecule has 0 fully saturated rings. The molecule has 0 aliphatic heterocycles. The van der Waals surface area contributed by atoms with Crippen LogP contribution < -0.4 is 10.7 Å². The van der Waals surface area contributed by atoms with Gasteiger partial charge in [-0.3, -0.25) is 9.59 Å². The number of nitrogens with one attached hydrogen (secondary N) is 2. The molecule has 0 unspecified atom stereocenters. The molecule has 4 aromatic rings. The fraction of sp³-hybridized carbons (Fsp3) is 0. The number of hydrazone groups is 1. The second-order valence-electron chi connectivity index (χ2n) is 6.66. The Kier molecular flexibility index (Phi) is 6.30. The molecule has 152 valence electrons. The summed E-state index contributed by atoms with van der Waals surface area (Å²) in [6, 6.07) is 26.3. The maximum Gasteiger partial charge on any atom is 0.287 e. The van der Waals surface area contributed by atoms with E-state index in [2.05, 4.69) is 15.8 Å². The van der Waals surface area contributed by atoms with Crippen molar-refractivity contribution in [2.45, 2.75) is 0 Å². The lowest BCUT2D eigenvalue weighted by atomic mass is 10.1. The van der Waals surface area contributed by atoms with Crippen LogP contribution in [0.2, 0.25) is 0 Å². The molecular weight excluding hydrogens is 406 g/mol. The van der Waals surface area contributed by atoms with E-state index >= 15 is 0 Å². The van der Waals surface area contributed by atoms with E-state index < -0.39 is 5.91 Å². The number of rotatable bonds is 6. The van der Waals surface area contributed by atoms with E-state index in [1.54, 1.807) is 36.6 Å². The molecule has 1 heterocycles. The van der Waals surface area contributed by atoms with Crippen molar-refractivity contribution in [3.05, 3.63) is 112 Å². The van der Waals surface area contributed by atoms with Gasteiger partial charge in [0, 0.05) is 16.0 Å². The van der Waals surface area contributed by atoms with Gasteiger partial charge in [-0.1, -0.05) is 66.7 Å². The molecule has 0 bridgehead atoms. The normalized spacial score (nSPS) is 11.5. The first-order valence-electron chi connectivity index (χ1n) is 9.63. The van der Waals surface area contributed by atoms with Gasteiger partial charge in [0.15, 0.2) is 0 Å². The summed E-state index contributed by atoms with van der Waals surface area (Å²) in [5.74, 6) is -0.870. The van der Waals surface area contributed by atoms with Crippen LogP contribution in [0.15, 0.2) is 101 Å². The molecule has 0 saturated carbocycles. The summed E-state index contributed by atoms with van der Waals surface area (Å²) in [5.41, 5.74) is 3.98. The smallest absolute Gasteiger partial charge is 0.287 e. The molecule has 2 amide bonds. The summed E-state index contributed by atoms with van der Waals surface area (Å²) in [5, 5.41) is 10.8. The van der Waals surface area contributed by atoms with Crippen LogP contribution in [-0.4, -0.2) is 18.0 Å². The molecule has 0 aliphatic rings. The van der Waals surface area contributed by atoms with Gasteiger partial charge in [-0.25, -0.2) is 5.43 Å². The van der Waals surface area contributed by atoms with Gasteiger partial charge >= 0.3 is 0 Å². The molecule has 0 spiro atoms. The molecule has 0 saturated heterocycles. The van der Waals surface area contributed by atoms with Crippen molar-refractivity contribution in [3.63, 3.8) is 0 Å². The highest BCUT2D eigenvalue weighted by molar-refractivity contribution is 7.10. The first-order valence-corrected chi connectivity index (χ1v) is 10.5. The fourth-order valence-electron chi connectivity index (χ4n) is 3.04. The van der Waals surface area contributed by atoms with Gasteiger partial charge in [0.1, 0.15) is 5.70 Å².